The van der Waals surface area contributed by atoms with Gasteiger partial charge in [0.2, 0.25) is 15.9 Å². The Balaban J connectivity index is 1.34. The quantitative estimate of drug-likeness (QED) is 0.699. The fourth-order valence-electron chi connectivity index (χ4n) is 3.62. The van der Waals surface area contributed by atoms with Gasteiger partial charge in [0.15, 0.2) is 0 Å². The molecule has 148 valence electrons. The van der Waals surface area contributed by atoms with Crippen LogP contribution in [0, 0.1) is 0 Å². The highest BCUT2D eigenvalue weighted by Crippen LogP contribution is 2.24. The predicted octanol–water partition coefficient (Wildman–Crippen LogP) is 2.54. The van der Waals surface area contributed by atoms with Crippen molar-refractivity contribution in [1.29, 1.82) is 0 Å². The van der Waals surface area contributed by atoms with Gasteiger partial charge in [-0.25, -0.2) is 13.4 Å². The van der Waals surface area contributed by atoms with Crippen molar-refractivity contribution in [3.05, 3.63) is 53.7 Å². The number of pyridine rings is 1. The third-order valence-corrected chi connectivity index (χ3v) is 8.05. The monoisotopic (exact) mass is 417 g/mol. The Labute approximate surface area is 170 Å². The summed E-state index contributed by atoms with van der Waals surface area (Å²) in [4.78, 5) is 18.9. The number of hydrogen-bond donors (Lipinski definition) is 0. The van der Waals surface area contributed by atoms with Gasteiger partial charge in [-0.2, -0.15) is 4.31 Å². The highest BCUT2D eigenvalue weighted by Gasteiger charge is 2.27. The largest absolute Gasteiger partial charge is 0.337 e. The van der Waals surface area contributed by atoms with Crippen LogP contribution in [0.25, 0.3) is 0 Å². The number of carbonyl (C=O) groups is 1. The molecule has 28 heavy (non-hydrogen) atoms. The molecule has 0 bridgehead atoms. The molecule has 0 spiro atoms. The topological polar surface area (TPSA) is 70.6 Å². The van der Waals surface area contributed by atoms with Gasteiger partial charge in [-0.15, -0.1) is 0 Å². The van der Waals surface area contributed by atoms with Crippen LogP contribution in [0.5, 0.6) is 0 Å². The fourth-order valence-corrected chi connectivity index (χ4v) is 5.83. The maximum Gasteiger partial charge on any atom is 0.244 e. The Bertz CT molecular complexity index is 955. The van der Waals surface area contributed by atoms with Crippen molar-refractivity contribution in [3.63, 3.8) is 0 Å². The Morgan fingerprint density at radius 2 is 1.79 bits per heavy atom. The average Bonchev–Trinajstić information content (AvgIpc) is 3.28. The molecule has 1 aromatic heterocycles. The van der Waals surface area contributed by atoms with Gasteiger partial charge >= 0.3 is 0 Å². The lowest BCUT2D eigenvalue weighted by molar-refractivity contribution is -0.129. The molecule has 2 aliphatic rings. The van der Waals surface area contributed by atoms with Crippen LogP contribution in [0.3, 0.4) is 0 Å². The lowest BCUT2D eigenvalue weighted by Crippen LogP contribution is -2.37. The number of rotatable bonds is 5. The molecule has 0 atom stereocenters. The zero-order chi connectivity index (χ0) is 19.6. The van der Waals surface area contributed by atoms with E-state index in [0.29, 0.717) is 30.4 Å². The number of nitrogens with zero attached hydrogens (tertiary/aromatic N) is 3. The summed E-state index contributed by atoms with van der Waals surface area (Å²) in [6.45, 7) is 2.53. The molecule has 1 saturated heterocycles. The van der Waals surface area contributed by atoms with E-state index in [9.17, 15) is 13.2 Å². The third-order valence-electron chi connectivity index (χ3n) is 5.24. The predicted molar refractivity (Wildman–Crippen MR) is 109 cm³/mol. The maximum atomic E-state index is 12.6. The summed E-state index contributed by atoms with van der Waals surface area (Å²) in [6, 6.07) is 11.5. The van der Waals surface area contributed by atoms with Crippen molar-refractivity contribution in [1.82, 2.24) is 14.2 Å². The summed E-state index contributed by atoms with van der Waals surface area (Å²) >= 11 is 1.34. The van der Waals surface area contributed by atoms with E-state index in [0.717, 1.165) is 25.8 Å². The summed E-state index contributed by atoms with van der Waals surface area (Å²) in [7, 11) is -3.45. The zero-order valence-electron chi connectivity index (χ0n) is 15.6. The number of carbonyl (C=O) groups excluding carboxylic acids is 1. The van der Waals surface area contributed by atoms with E-state index in [-0.39, 0.29) is 10.8 Å². The Morgan fingerprint density at radius 3 is 2.50 bits per heavy atom. The normalized spacial score (nSPS) is 17.5. The molecular weight excluding hydrogens is 394 g/mol. The summed E-state index contributed by atoms with van der Waals surface area (Å²) in [5.41, 5.74) is 2.53. The molecule has 4 rings (SSSR count). The van der Waals surface area contributed by atoms with Crippen LogP contribution >= 0.6 is 11.8 Å². The van der Waals surface area contributed by atoms with Gasteiger partial charge < -0.3 is 4.90 Å². The third kappa shape index (κ3) is 4.09. The number of fused-ring (bicyclic) bond motifs is 1. The molecule has 0 saturated carbocycles. The van der Waals surface area contributed by atoms with Crippen LogP contribution in [-0.4, -0.2) is 53.9 Å². The van der Waals surface area contributed by atoms with Gasteiger partial charge in [0.05, 0.1) is 10.8 Å². The molecule has 8 heteroatoms. The summed E-state index contributed by atoms with van der Waals surface area (Å²) in [6.07, 6.45) is 4.10. The number of thioether (sulfide) groups is 1. The van der Waals surface area contributed by atoms with E-state index >= 15 is 0 Å². The number of sulfonamides is 1. The SMILES string of the molecule is O=C(CSc1ccc(S(=O)(=O)N2CCCC2)cn1)N1CCc2ccccc2C1. The molecule has 0 N–H and O–H groups in total. The van der Waals surface area contributed by atoms with E-state index in [1.165, 1.54) is 33.4 Å². The van der Waals surface area contributed by atoms with Gasteiger partial charge in [-0.1, -0.05) is 36.0 Å². The second kappa shape index (κ2) is 8.23. The van der Waals surface area contributed by atoms with Crippen molar-refractivity contribution in [2.24, 2.45) is 0 Å². The van der Waals surface area contributed by atoms with Crippen LogP contribution in [0.4, 0.5) is 0 Å². The van der Waals surface area contributed by atoms with Crippen LogP contribution in [0.2, 0.25) is 0 Å². The Hall–Kier alpha value is -1.90. The van der Waals surface area contributed by atoms with Crippen LogP contribution < -0.4 is 0 Å². The lowest BCUT2D eigenvalue weighted by Gasteiger charge is -2.28. The molecule has 0 radical (unpaired) electrons. The van der Waals surface area contributed by atoms with Crippen LogP contribution in [0.1, 0.15) is 24.0 Å². The van der Waals surface area contributed by atoms with Crippen molar-refractivity contribution in [2.45, 2.75) is 35.7 Å². The number of aromatic nitrogens is 1. The van der Waals surface area contributed by atoms with E-state index in [1.54, 1.807) is 12.1 Å². The first kappa shape index (κ1) is 19.4. The summed E-state index contributed by atoms with van der Waals surface area (Å²) in [5, 5.41) is 0.658. The highest BCUT2D eigenvalue weighted by atomic mass is 32.2. The highest BCUT2D eigenvalue weighted by molar-refractivity contribution is 7.99. The van der Waals surface area contributed by atoms with Gasteiger partial charge in [0.1, 0.15) is 4.90 Å². The van der Waals surface area contributed by atoms with E-state index in [1.807, 2.05) is 17.0 Å². The van der Waals surface area contributed by atoms with Gasteiger partial charge in [-0.3, -0.25) is 4.79 Å². The molecule has 1 fully saturated rings. The summed E-state index contributed by atoms with van der Waals surface area (Å²) < 4.78 is 26.6. The first-order valence-corrected chi connectivity index (χ1v) is 11.9. The number of amides is 1. The number of hydrogen-bond acceptors (Lipinski definition) is 5. The first-order chi connectivity index (χ1) is 13.5. The molecule has 2 aliphatic heterocycles. The zero-order valence-corrected chi connectivity index (χ0v) is 17.2. The molecule has 6 nitrogen and oxygen atoms in total. The average molecular weight is 418 g/mol. The van der Waals surface area contributed by atoms with Crippen molar-refractivity contribution < 1.29 is 13.2 Å². The molecule has 1 aromatic carbocycles. The van der Waals surface area contributed by atoms with Gasteiger partial charge in [0, 0.05) is 32.4 Å². The smallest absolute Gasteiger partial charge is 0.244 e. The standard InChI is InChI=1S/C20H23N3O3S2/c24-20(22-12-9-16-5-1-2-6-17(16)14-22)15-27-19-8-7-18(13-21-19)28(25,26)23-10-3-4-11-23/h1-2,5-8,13H,3-4,9-12,14-15H2. The Morgan fingerprint density at radius 1 is 1.04 bits per heavy atom. The van der Waals surface area contributed by atoms with Crippen molar-refractivity contribution in [2.75, 3.05) is 25.4 Å². The van der Waals surface area contributed by atoms with Gasteiger partial charge in [-0.05, 0) is 42.5 Å². The second-order valence-electron chi connectivity index (χ2n) is 7.07. The minimum Gasteiger partial charge on any atom is -0.337 e. The van der Waals surface area contributed by atoms with Crippen LogP contribution in [-0.2, 0) is 27.8 Å². The first-order valence-electron chi connectivity index (χ1n) is 9.47. The molecule has 2 aromatic rings. The summed E-state index contributed by atoms with van der Waals surface area (Å²) in [5.74, 6) is 0.378. The fraction of sp³-hybridized carbons (Fsp3) is 0.400. The van der Waals surface area contributed by atoms with Crippen molar-refractivity contribution in [3.8, 4) is 0 Å². The minimum absolute atomic E-state index is 0.0788. The molecule has 1 amide bonds. The Kier molecular flexibility index (Phi) is 5.70. The van der Waals surface area contributed by atoms with E-state index in [4.69, 9.17) is 0 Å². The van der Waals surface area contributed by atoms with Crippen molar-refractivity contribution >= 4 is 27.7 Å². The lowest BCUT2D eigenvalue weighted by atomic mass is 10.00. The number of benzene rings is 1. The van der Waals surface area contributed by atoms with E-state index in [2.05, 4.69) is 17.1 Å². The maximum absolute atomic E-state index is 12.6. The van der Waals surface area contributed by atoms with Crippen LogP contribution in [0.15, 0.2) is 52.5 Å². The molecule has 0 unspecified atom stereocenters. The molecule has 3 heterocycles. The minimum atomic E-state index is -3.45. The molecular formula is C20H23N3O3S2. The molecule has 0 aliphatic carbocycles. The second-order valence-corrected chi connectivity index (χ2v) is 10.00. The van der Waals surface area contributed by atoms with E-state index < -0.39 is 10.0 Å². The van der Waals surface area contributed by atoms with Gasteiger partial charge in [0.25, 0.3) is 0 Å².